The third-order valence-corrected chi connectivity index (χ3v) is 7.16. The van der Waals surface area contributed by atoms with Crippen LogP contribution in [0.2, 0.25) is 0 Å². The molecule has 0 bridgehead atoms. The van der Waals surface area contributed by atoms with Crippen molar-refractivity contribution in [3.8, 4) is 33.4 Å². The summed E-state index contributed by atoms with van der Waals surface area (Å²) in [5.41, 5.74) is 10.7. The molecule has 0 spiro atoms. The van der Waals surface area contributed by atoms with Crippen molar-refractivity contribution in [1.29, 1.82) is 0 Å². The molecule has 0 amide bonds. The number of aromatic amines is 1. The van der Waals surface area contributed by atoms with Crippen molar-refractivity contribution in [3.63, 3.8) is 0 Å². The number of rotatable bonds is 3. The number of aromatic nitrogens is 2. The standard InChI is InChI=1S/C34H24N2/c1-22-7-9-23(10-8-22)26-15-17-29-21-27(16-18-28(29)20-26)24-11-13-25(14-12-24)30-4-2-5-31-32-6-3-19-35-34(32)36-33(30)31/h2-21H,1H3,(H,35,36). The number of H-pyrrole nitrogens is 1. The molecule has 0 aliphatic heterocycles. The SMILES string of the molecule is Cc1ccc(-c2ccc3cc(-c4ccc(-c5cccc6c5[nH]c5ncccc56)cc4)ccc3c2)cc1. The minimum absolute atomic E-state index is 0.929. The smallest absolute Gasteiger partial charge is 0.138 e. The van der Waals surface area contributed by atoms with Crippen molar-refractivity contribution in [1.82, 2.24) is 9.97 Å². The Morgan fingerprint density at radius 2 is 1.11 bits per heavy atom. The van der Waals surface area contributed by atoms with Crippen LogP contribution in [0.15, 0.2) is 121 Å². The largest absolute Gasteiger partial charge is 0.339 e. The van der Waals surface area contributed by atoms with Crippen molar-refractivity contribution >= 4 is 32.7 Å². The summed E-state index contributed by atoms with van der Waals surface area (Å²) in [6.07, 6.45) is 1.83. The van der Waals surface area contributed by atoms with Crippen LogP contribution in [0, 0.1) is 6.92 Å². The number of nitrogens with one attached hydrogen (secondary N) is 1. The van der Waals surface area contributed by atoms with Gasteiger partial charge in [-0.2, -0.15) is 0 Å². The van der Waals surface area contributed by atoms with Gasteiger partial charge >= 0.3 is 0 Å². The molecule has 0 fully saturated rings. The number of nitrogens with zero attached hydrogens (tertiary/aromatic N) is 1. The second-order valence-electron chi connectivity index (χ2n) is 9.47. The molecule has 0 radical (unpaired) electrons. The lowest BCUT2D eigenvalue weighted by Crippen LogP contribution is -1.84. The summed E-state index contributed by atoms with van der Waals surface area (Å²) in [7, 11) is 0. The Bertz CT molecular complexity index is 1870. The summed E-state index contributed by atoms with van der Waals surface area (Å²) < 4.78 is 0. The van der Waals surface area contributed by atoms with Crippen LogP contribution >= 0.6 is 0 Å². The third kappa shape index (κ3) is 3.47. The molecule has 7 aromatic rings. The van der Waals surface area contributed by atoms with Crippen LogP contribution in [-0.2, 0) is 0 Å². The number of hydrogen-bond acceptors (Lipinski definition) is 1. The highest BCUT2D eigenvalue weighted by molar-refractivity contribution is 6.10. The van der Waals surface area contributed by atoms with Gasteiger partial charge in [0.05, 0.1) is 5.52 Å². The van der Waals surface area contributed by atoms with Crippen LogP contribution in [0.3, 0.4) is 0 Å². The van der Waals surface area contributed by atoms with Gasteiger partial charge in [0.2, 0.25) is 0 Å². The molecule has 2 heterocycles. The number of pyridine rings is 1. The van der Waals surface area contributed by atoms with Gasteiger partial charge in [-0.1, -0.05) is 96.6 Å². The molecular formula is C34H24N2. The van der Waals surface area contributed by atoms with E-state index in [1.807, 2.05) is 12.3 Å². The summed E-state index contributed by atoms with van der Waals surface area (Å²) in [6, 6.07) is 41.6. The Labute approximate surface area is 209 Å². The van der Waals surface area contributed by atoms with E-state index in [9.17, 15) is 0 Å². The monoisotopic (exact) mass is 460 g/mol. The minimum Gasteiger partial charge on any atom is -0.339 e. The molecule has 0 aliphatic carbocycles. The summed E-state index contributed by atoms with van der Waals surface area (Å²) >= 11 is 0. The van der Waals surface area contributed by atoms with Gasteiger partial charge in [-0.25, -0.2) is 4.98 Å². The molecule has 0 saturated carbocycles. The van der Waals surface area contributed by atoms with Crippen molar-refractivity contribution in [3.05, 3.63) is 127 Å². The molecule has 2 nitrogen and oxygen atoms in total. The molecular weight excluding hydrogens is 436 g/mol. The first-order valence-corrected chi connectivity index (χ1v) is 12.3. The van der Waals surface area contributed by atoms with Crippen LogP contribution in [0.1, 0.15) is 5.56 Å². The second-order valence-corrected chi connectivity index (χ2v) is 9.47. The maximum absolute atomic E-state index is 4.50. The van der Waals surface area contributed by atoms with E-state index in [0.29, 0.717) is 0 Å². The summed E-state index contributed by atoms with van der Waals surface area (Å²) in [6.45, 7) is 2.12. The molecule has 0 saturated heterocycles. The molecule has 1 N–H and O–H groups in total. The zero-order valence-electron chi connectivity index (χ0n) is 20.0. The maximum Gasteiger partial charge on any atom is 0.138 e. The van der Waals surface area contributed by atoms with E-state index in [4.69, 9.17) is 0 Å². The first kappa shape index (κ1) is 20.7. The van der Waals surface area contributed by atoms with E-state index in [-0.39, 0.29) is 0 Å². The predicted octanol–water partition coefficient (Wildman–Crippen LogP) is 9.18. The fraction of sp³-hybridized carbons (Fsp3) is 0.0294. The normalized spacial score (nSPS) is 11.5. The highest BCUT2D eigenvalue weighted by Crippen LogP contribution is 2.34. The zero-order chi connectivity index (χ0) is 24.1. The average Bonchev–Trinajstić information content (AvgIpc) is 3.32. The fourth-order valence-electron chi connectivity index (χ4n) is 5.19. The van der Waals surface area contributed by atoms with Crippen molar-refractivity contribution in [2.45, 2.75) is 6.92 Å². The van der Waals surface area contributed by atoms with Gasteiger partial charge < -0.3 is 4.98 Å². The number of benzene rings is 5. The van der Waals surface area contributed by atoms with Crippen LogP contribution < -0.4 is 0 Å². The summed E-state index contributed by atoms with van der Waals surface area (Å²) in [4.78, 5) is 8.02. The molecule has 2 heteroatoms. The first-order chi connectivity index (χ1) is 17.7. The maximum atomic E-state index is 4.50. The minimum atomic E-state index is 0.929. The Morgan fingerprint density at radius 1 is 0.528 bits per heavy atom. The molecule has 36 heavy (non-hydrogen) atoms. The predicted molar refractivity (Wildman–Crippen MR) is 152 cm³/mol. The fourth-order valence-corrected chi connectivity index (χ4v) is 5.19. The molecule has 0 unspecified atom stereocenters. The molecule has 2 aromatic heterocycles. The summed E-state index contributed by atoms with van der Waals surface area (Å²) in [5.74, 6) is 0. The van der Waals surface area contributed by atoms with Crippen molar-refractivity contribution < 1.29 is 0 Å². The van der Waals surface area contributed by atoms with E-state index in [1.165, 1.54) is 55.1 Å². The van der Waals surface area contributed by atoms with Crippen LogP contribution in [0.25, 0.3) is 66.1 Å². The van der Waals surface area contributed by atoms with E-state index in [0.717, 1.165) is 16.6 Å². The molecule has 5 aromatic carbocycles. The first-order valence-electron chi connectivity index (χ1n) is 12.3. The Hall–Kier alpha value is -4.69. The summed E-state index contributed by atoms with van der Waals surface area (Å²) in [5, 5.41) is 4.88. The van der Waals surface area contributed by atoms with Crippen molar-refractivity contribution in [2.75, 3.05) is 0 Å². The van der Waals surface area contributed by atoms with E-state index < -0.39 is 0 Å². The number of hydrogen-bond donors (Lipinski definition) is 1. The number of fused-ring (bicyclic) bond motifs is 4. The van der Waals surface area contributed by atoms with Gasteiger partial charge in [-0.15, -0.1) is 0 Å². The van der Waals surface area contributed by atoms with Crippen LogP contribution in [0.5, 0.6) is 0 Å². The quantitative estimate of drug-likeness (QED) is 0.280. The lowest BCUT2D eigenvalue weighted by molar-refractivity contribution is 1.35. The van der Waals surface area contributed by atoms with Gasteiger partial charge in [0, 0.05) is 22.5 Å². The molecule has 170 valence electrons. The lowest BCUT2D eigenvalue weighted by atomic mass is 9.96. The van der Waals surface area contributed by atoms with Gasteiger partial charge in [-0.05, 0) is 69.8 Å². The van der Waals surface area contributed by atoms with E-state index in [1.54, 1.807) is 0 Å². The Kier molecular flexibility index (Phi) is 4.71. The Balaban J connectivity index is 1.23. The highest BCUT2D eigenvalue weighted by Gasteiger charge is 2.10. The van der Waals surface area contributed by atoms with Crippen molar-refractivity contribution in [2.24, 2.45) is 0 Å². The van der Waals surface area contributed by atoms with E-state index in [2.05, 4.69) is 126 Å². The van der Waals surface area contributed by atoms with Crippen LogP contribution in [0.4, 0.5) is 0 Å². The van der Waals surface area contributed by atoms with Gasteiger partial charge in [0.15, 0.2) is 0 Å². The Morgan fingerprint density at radius 3 is 1.81 bits per heavy atom. The highest BCUT2D eigenvalue weighted by atomic mass is 14.8. The third-order valence-electron chi connectivity index (χ3n) is 7.16. The van der Waals surface area contributed by atoms with Gasteiger partial charge in [0.1, 0.15) is 5.65 Å². The zero-order valence-corrected chi connectivity index (χ0v) is 20.0. The second kappa shape index (κ2) is 8.21. The topological polar surface area (TPSA) is 28.7 Å². The molecule has 0 aliphatic rings. The van der Waals surface area contributed by atoms with Crippen LogP contribution in [-0.4, -0.2) is 9.97 Å². The number of para-hydroxylation sites is 1. The molecule has 7 rings (SSSR count). The molecule has 0 atom stereocenters. The van der Waals surface area contributed by atoms with Gasteiger partial charge in [0.25, 0.3) is 0 Å². The van der Waals surface area contributed by atoms with Gasteiger partial charge in [-0.3, -0.25) is 0 Å². The lowest BCUT2D eigenvalue weighted by Gasteiger charge is -2.09. The average molecular weight is 461 g/mol. The number of aryl methyl sites for hydroxylation is 1. The van der Waals surface area contributed by atoms with E-state index >= 15 is 0 Å².